The molecule has 0 saturated carbocycles. The third-order valence-corrected chi connectivity index (χ3v) is 5.75. The van der Waals surface area contributed by atoms with E-state index in [4.69, 9.17) is 16.3 Å². The molecule has 5 amide bonds. The molecule has 0 radical (unpaired) electrons. The zero-order valence-electron chi connectivity index (χ0n) is 19.5. The predicted octanol–water partition coefficient (Wildman–Crippen LogP) is 4.64. The molecule has 4 rings (SSSR count). The quantitative estimate of drug-likeness (QED) is 0.376. The molecule has 0 aromatic heterocycles. The molecule has 2 N–H and O–H groups in total. The van der Waals surface area contributed by atoms with Gasteiger partial charge in [0.2, 0.25) is 0 Å². The van der Waals surface area contributed by atoms with Crippen LogP contribution in [0.4, 0.5) is 16.2 Å². The number of aryl methyl sites for hydroxylation is 2. The van der Waals surface area contributed by atoms with Crippen molar-refractivity contribution in [3.05, 3.63) is 94.0 Å². The Morgan fingerprint density at radius 1 is 1.00 bits per heavy atom. The van der Waals surface area contributed by atoms with Gasteiger partial charge in [-0.3, -0.25) is 19.7 Å². The van der Waals surface area contributed by atoms with E-state index in [1.165, 1.54) is 12.1 Å². The number of imide groups is 2. The Labute approximate surface area is 212 Å². The highest BCUT2D eigenvalue weighted by Gasteiger charge is 2.37. The number of hydrogen-bond donors (Lipinski definition) is 2. The second-order valence-corrected chi connectivity index (χ2v) is 8.51. The molecule has 0 unspecified atom stereocenters. The van der Waals surface area contributed by atoms with Crippen molar-refractivity contribution in [1.82, 2.24) is 5.32 Å². The molecule has 9 heteroatoms. The number of barbiturate groups is 1. The Hall–Kier alpha value is -4.43. The van der Waals surface area contributed by atoms with Gasteiger partial charge in [-0.25, -0.2) is 9.69 Å². The van der Waals surface area contributed by atoms with Crippen LogP contribution in [-0.4, -0.2) is 30.4 Å². The van der Waals surface area contributed by atoms with E-state index >= 15 is 0 Å². The van der Waals surface area contributed by atoms with E-state index in [9.17, 15) is 19.2 Å². The van der Waals surface area contributed by atoms with Crippen molar-refractivity contribution in [2.75, 3.05) is 16.8 Å². The Morgan fingerprint density at radius 3 is 2.50 bits per heavy atom. The first-order valence-corrected chi connectivity index (χ1v) is 11.4. The van der Waals surface area contributed by atoms with Crippen molar-refractivity contribution in [2.45, 2.75) is 13.8 Å². The Kier molecular flexibility index (Phi) is 7.17. The van der Waals surface area contributed by atoms with Crippen LogP contribution in [0.25, 0.3) is 6.08 Å². The SMILES string of the molecule is Cc1ccccc1NC(=O)COc1ccccc1/C=C1\C(=O)NC(=O)N(c2cc(Cl)ccc2C)C1=O. The molecule has 1 heterocycles. The van der Waals surface area contributed by atoms with Crippen LogP contribution in [0.1, 0.15) is 16.7 Å². The Balaban J connectivity index is 1.58. The molecule has 1 aliphatic heterocycles. The van der Waals surface area contributed by atoms with Gasteiger partial charge in [-0.1, -0.05) is 54.1 Å². The number of amides is 5. The van der Waals surface area contributed by atoms with Crippen molar-refractivity contribution >= 4 is 52.8 Å². The van der Waals surface area contributed by atoms with E-state index < -0.39 is 17.8 Å². The lowest BCUT2D eigenvalue weighted by molar-refractivity contribution is -0.122. The Morgan fingerprint density at radius 2 is 1.72 bits per heavy atom. The molecular formula is C27H22ClN3O5. The maximum Gasteiger partial charge on any atom is 0.335 e. The number of para-hydroxylation sites is 2. The molecule has 182 valence electrons. The van der Waals surface area contributed by atoms with E-state index in [1.807, 2.05) is 25.1 Å². The van der Waals surface area contributed by atoms with Gasteiger partial charge in [0, 0.05) is 16.3 Å². The fourth-order valence-electron chi connectivity index (χ4n) is 3.63. The number of nitrogens with zero attached hydrogens (tertiary/aromatic N) is 1. The van der Waals surface area contributed by atoms with Crippen LogP contribution in [0, 0.1) is 13.8 Å². The van der Waals surface area contributed by atoms with Gasteiger partial charge in [0.05, 0.1) is 5.69 Å². The minimum Gasteiger partial charge on any atom is -0.483 e. The maximum absolute atomic E-state index is 13.3. The summed E-state index contributed by atoms with van der Waals surface area (Å²) in [5.74, 6) is -1.73. The molecule has 8 nitrogen and oxygen atoms in total. The molecule has 0 spiro atoms. The molecule has 3 aromatic carbocycles. The van der Waals surface area contributed by atoms with E-state index in [2.05, 4.69) is 10.6 Å². The monoisotopic (exact) mass is 503 g/mol. The summed E-state index contributed by atoms with van der Waals surface area (Å²) in [4.78, 5) is 51.6. The molecule has 36 heavy (non-hydrogen) atoms. The second-order valence-electron chi connectivity index (χ2n) is 8.08. The van der Waals surface area contributed by atoms with Crippen molar-refractivity contribution in [1.29, 1.82) is 0 Å². The van der Waals surface area contributed by atoms with Gasteiger partial charge in [0.25, 0.3) is 17.7 Å². The standard InChI is InChI=1S/C27H22ClN3O5/c1-16-7-3-5-9-21(16)29-24(32)15-36-23-10-6-4-8-18(23)13-20-25(33)30-27(35)31(26(20)34)22-14-19(28)12-11-17(22)2/h3-14H,15H2,1-2H3,(H,29,32)(H,30,33,35)/b20-13+. The summed E-state index contributed by atoms with van der Waals surface area (Å²) < 4.78 is 5.69. The minimum atomic E-state index is -0.870. The van der Waals surface area contributed by atoms with Gasteiger partial charge < -0.3 is 10.1 Å². The average Bonchev–Trinajstić information content (AvgIpc) is 2.84. The van der Waals surface area contributed by atoms with Gasteiger partial charge in [-0.2, -0.15) is 0 Å². The lowest BCUT2D eigenvalue weighted by Crippen LogP contribution is -2.54. The van der Waals surface area contributed by atoms with Crippen LogP contribution < -0.4 is 20.3 Å². The first-order chi connectivity index (χ1) is 17.2. The molecular weight excluding hydrogens is 482 g/mol. The van der Waals surface area contributed by atoms with E-state index in [0.717, 1.165) is 10.5 Å². The largest absolute Gasteiger partial charge is 0.483 e. The molecule has 1 saturated heterocycles. The third kappa shape index (κ3) is 5.29. The number of halogens is 1. The number of benzene rings is 3. The third-order valence-electron chi connectivity index (χ3n) is 5.51. The summed E-state index contributed by atoms with van der Waals surface area (Å²) in [5.41, 5.74) is 2.59. The highest BCUT2D eigenvalue weighted by atomic mass is 35.5. The van der Waals surface area contributed by atoms with Crippen LogP contribution in [0.5, 0.6) is 5.75 Å². The fraction of sp³-hybridized carbons (Fsp3) is 0.111. The van der Waals surface area contributed by atoms with E-state index in [1.54, 1.807) is 49.4 Å². The van der Waals surface area contributed by atoms with Gasteiger partial charge in [-0.05, 0) is 55.3 Å². The van der Waals surface area contributed by atoms with Crippen molar-refractivity contribution in [3.8, 4) is 5.75 Å². The Bertz CT molecular complexity index is 1420. The van der Waals surface area contributed by atoms with Gasteiger partial charge in [-0.15, -0.1) is 0 Å². The van der Waals surface area contributed by atoms with Crippen LogP contribution in [0.15, 0.2) is 72.3 Å². The number of carbonyl (C=O) groups excluding carboxylic acids is 4. The molecule has 0 atom stereocenters. The summed E-state index contributed by atoms with van der Waals surface area (Å²) >= 11 is 6.07. The highest BCUT2D eigenvalue weighted by Crippen LogP contribution is 2.29. The predicted molar refractivity (Wildman–Crippen MR) is 137 cm³/mol. The lowest BCUT2D eigenvalue weighted by atomic mass is 10.1. The number of carbonyl (C=O) groups is 4. The fourth-order valence-corrected chi connectivity index (χ4v) is 3.80. The molecule has 1 fully saturated rings. The summed E-state index contributed by atoms with van der Waals surface area (Å²) in [7, 11) is 0. The van der Waals surface area contributed by atoms with E-state index in [0.29, 0.717) is 21.8 Å². The van der Waals surface area contributed by atoms with Crippen LogP contribution in [0.2, 0.25) is 5.02 Å². The molecule has 1 aliphatic rings. The van der Waals surface area contributed by atoms with Gasteiger partial charge in [0.1, 0.15) is 11.3 Å². The summed E-state index contributed by atoms with van der Waals surface area (Å²) in [6.07, 6.45) is 1.32. The molecule has 0 bridgehead atoms. The smallest absolute Gasteiger partial charge is 0.335 e. The van der Waals surface area contributed by atoms with Crippen molar-refractivity contribution < 1.29 is 23.9 Å². The van der Waals surface area contributed by atoms with Crippen LogP contribution in [0.3, 0.4) is 0 Å². The zero-order chi connectivity index (χ0) is 25.8. The van der Waals surface area contributed by atoms with E-state index in [-0.39, 0.29) is 29.5 Å². The number of hydrogen-bond acceptors (Lipinski definition) is 5. The molecule has 0 aliphatic carbocycles. The molecule has 3 aromatic rings. The van der Waals surface area contributed by atoms with Gasteiger partial charge in [0.15, 0.2) is 6.61 Å². The number of ether oxygens (including phenoxy) is 1. The number of urea groups is 1. The van der Waals surface area contributed by atoms with Crippen molar-refractivity contribution in [2.24, 2.45) is 0 Å². The van der Waals surface area contributed by atoms with Crippen molar-refractivity contribution in [3.63, 3.8) is 0 Å². The number of rotatable bonds is 6. The lowest BCUT2D eigenvalue weighted by Gasteiger charge is -2.27. The summed E-state index contributed by atoms with van der Waals surface area (Å²) in [6, 6.07) is 17.9. The van der Waals surface area contributed by atoms with Crippen LogP contribution >= 0.6 is 11.6 Å². The number of anilines is 2. The maximum atomic E-state index is 13.3. The number of nitrogens with one attached hydrogen (secondary N) is 2. The topological polar surface area (TPSA) is 105 Å². The second kappa shape index (κ2) is 10.5. The highest BCUT2D eigenvalue weighted by molar-refractivity contribution is 6.39. The minimum absolute atomic E-state index is 0.265. The van der Waals surface area contributed by atoms with Crippen LogP contribution in [-0.2, 0) is 14.4 Å². The average molecular weight is 504 g/mol. The first kappa shape index (κ1) is 24.7. The zero-order valence-corrected chi connectivity index (χ0v) is 20.3. The summed E-state index contributed by atoms with van der Waals surface area (Å²) in [6.45, 7) is 3.31. The summed E-state index contributed by atoms with van der Waals surface area (Å²) in [5, 5.41) is 5.30. The normalized spacial score (nSPS) is 14.6. The first-order valence-electron chi connectivity index (χ1n) is 11.0. The van der Waals surface area contributed by atoms with Gasteiger partial charge >= 0.3 is 6.03 Å².